The highest BCUT2D eigenvalue weighted by atomic mass is 32.2. The normalized spacial score (nSPS) is 21.2. The zero-order valence-electron chi connectivity index (χ0n) is 9.30. The molecule has 5 nitrogen and oxygen atoms in total. The lowest BCUT2D eigenvalue weighted by Crippen LogP contribution is -2.33. The highest BCUT2D eigenvalue weighted by Crippen LogP contribution is 2.16. The molecule has 16 heavy (non-hydrogen) atoms. The van der Waals surface area contributed by atoms with E-state index < -0.39 is 0 Å². The van der Waals surface area contributed by atoms with Gasteiger partial charge in [-0.2, -0.15) is 11.8 Å². The first-order valence-corrected chi connectivity index (χ1v) is 6.85. The molecule has 0 aliphatic carbocycles. The summed E-state index contributed by atoms with van der Waals surface area (Å²) in [6.07, 6.45) is 4.45. The fourth-order valence-electron chi connectivity index (χ4n) is 1.78. The van der Waals surface area contributed by atoms with Gasteiger partial charge >= 0.3 is 0 Å². The number of aliphatic hydroxyl groups is 1. The number of nitrogens with one attached hydrogen (secondary N) is 1. The van der Waals surface area contributed by atoms with Crippen molar-refractivity contribution in [3.8, 4) is 0 Å². The maximum absolute atomic E-state index is 8.76. The summed E-state index contributed by atoms with van der Waals surface area (Å²) in [5, 5.41) is 20.2. The number of rotatable bonds is 5. The summed E-state index contributed by atoms with van der Waals surface area (Å²) in [4.78, 5) is 0. The molecule has 0 spiro atoms. The number of nitrogens with zero attached hydrogens (tertiary/aromatic N) is 3. The molecule has 0 saturated carbocycles. The van der Waals surface area contributed by atoms with Crippen LogP contribution in [0.4, 0.5) is 0 Å². The molecule has 1 atom stereocenters. The molecule has 1 aliphatic rings. The average Bonchev–Trinajstić information content (AvgIpc) is 2.76. The summed E-state index contributed by atoms with van der Waals surface area (Å²) >= 11 is 2.01. The van der Waals surface area contributed by atoms with Crippen LogP contribution < -0.4 is 5.32 Å². The van der Waals surface area contributed by atoms with E-state index >= 15 is 0 Å². The molecule has 6 heteroatoms. The molecule has 2 heterocycles. The molecule has 0 radical (unpaired) electrons. The first-order valence-electron chi connectivity index (χ1n) is 5.69. The van der Waals surface area contributed by atoms with Gasteiger partial charge in [-0.25, -0.2) is 4.68 Å². The zero-order chi connectivity index (χ0) is 11.2. The molecule has 2 rings (SSSR count). The van der Waals surface area contributed by atoms with Crippen LogP contribution in [0.2, 0.25) is 0 Å². The smallest absolute Gasteiger partial charge is 0.0964 e. The van der Waals surface area contributed by atoms with Crippen LogP contribution in [0.5, 0.6) is 0 Å². The highest BCUT2D eigenvalue weighted by molar-refractivity contribution is 7.99. The van der Waals surface area contributed by atoms with Gasteiger partial charge in [0.25, 0.3) is 0 Å². The van der Waals surface area contributed by atoms with Crippen molar-refractivity contribution in [3.63, 3.8) is 0 Å². The van der Waals surface area contributed by atoms with Gasteiger partial charge in [0.05, 0.1) is 18.8 Å². The van der Waals surface area contributed by atoms with Gasteiger partial charge in [0.1, 0.15) is 0 Å². The molecular formula is C10H18N4OS. The molecule has 0 bridgehead atoms. The van der Waals surface area contributed by atoms with Crippen molar-refractivity contribution >= 4 is 11.8 Å². The van der Waals surface area contributed by atoms with Gasteiger partial charge in [-0.05, 0) is 18.6 Å². The number of aromatic nitrogens is 3. The van der Waals surface area contributed by atoms with E-state index in [9.17, 15) is 0 Å². The third kappa shape index (κ3) is 3.47. The molecule has 1 aromatic heterocycles. The quantitative estimate of drug-likeness (QED) is 0.775. The molecule has 1 saturated heterocycles. The molecule has 1 unspecified atom stereocenters. The minimum atomic E-state index is 0.107. The summed E-state index contributed by atoms with van der Waals surface area (Å²) < 4.78 is 1.67. The Bertz CT molecular complexity index is 312. The van der Waals surface area contributed by atoms with Crippen molar-refractivity contribution in [3.05, 3.63) is 11.9 Å². The number of hydrogen-bond acceptors (Lipinski definition) is 5. The van der Waals surface area contributed by atoms with Crippen molar-refractivity contribution in [2.24, 2.45) is 0 Å². The first kappa shape index (κ1) is 11.9. The van der Waals surface area contributed by atoms with Gasteiger partial charge in [-0.3, -0.25) is 0 Å². The maximum Gasteiger partial charge on any atom is 0.0964 e. The Morgan fingerprint density at radius 3 is 3.31 bits per heavy atom. The van der Waals surface area contributed by atoms with E-state index in [0.29, 0.717) is 12.6 Å². The summed E-state index contributed by atoms with van der Waals surface area (Å²) in [6, 6.07) is 0.613. The topological polar surface area (TPSA) is 63.0 Å². The summed E-state index contributed by atoms with van der Waals surface area (Å²) in [6.45, 7) is 1.40. The second-order valence-corrected chi connectivity index (χ2v) is 5.14. The zero-order valence-corrected chi connectivity index (χ0v) is 10.1. The Hall–Kier alpha value is -0.590. The van der Waals surface area contributed by atoms with Crippen molar-refractivity contribution in [2.75, 3.05) is 18.1 Å². The van der Waals surface area contributed by atoms with Crippen molar-refractivity contribution in [1.82, 2.24) is 20.3 Å². The molecule has 1 fully saturated rings. The number of hydrogen-bond donors (Lipinski definition) is 2. The van der Waals surface area contributed by atoms with Crippen molar-refractivity contribution in [2.45, 2.75) is 32.0 Å². The fraction of sp³-hybridized carbons (Fsp3) is 0.800. The van der Waals surface area contributed by atoms with Crippen LogP contribution in [0, 0.1) is 0 Å². The van der Waals surface area contributed by atoms with Crippen LogP contribution in [-0.2, 0) is 13.1 Å². The maximum atomic E-state index is 8.76. The molecule has 90 valence electrons. The molecule has 1 aromatic rings. The lowest BCUT2D eigenvalue weighted by Gasteiger charge is -2.21. The second kappa shape index (κ2) is 6.22. The third-order valence-corrected chi connectivity index (χ3v) is 3.86. The van der Waals surface area contributed by atoms with E-state index in [4.69, 9.17) is 5.11 Å². The molecule has 0 amide bonds. The number of aliphatic hydroxyl groups excluding tert-OH is 1. The van der Waals surface area contributed by atoms with Crippen LogP contribution in [0.1, 0.15) is 18.5 Å². The summed E-state index contributed by atoms with van der Waals surface area (Å²) in [5.74, 6) is 2.50. The Morgan fingerprint density at radius 2 is 2.56 bits per heavy atom. The van der Waals surface area contributed by atoms with Gasteiger partial charge < -0.3 is 10.4 Å². The van der Waals surface area contributed by atoms with E-state index in [2.05, 4.69) is 15.6 Å². The average molecular weight is 242 g/mol. The molecule has 2 N–H and O–H groups in total. The van der Waals surface area contributed by atoms with Crippen LogP contribution in [-0.4, -0.2) is 44.3 Å². The van der Waals surface area contributed by atoms with E-state index in [1.807, 2.05) is 18.0 Å². The fourth-order valence-corrected chi connectivity index (χ4v) is 2.89. The molecule has 1 aliphatic heterocycles. The van der Waals surface area contributed by atoms with E-state index in [1.165, 1.54) is 24.3 Å². The Kier molecular flexibility index (Phi) is 4.62. The summed E-state index contributed by atoms with van der Waals surface area (Å²) in [7, 11) is 0. The lowest BCUT2D eigenvalue weighted by molar-refractivity contribution is 0.268. The minimum Gasteiger partial charge on any atom is -0.394 e. The largest absolute Gasteiger partial charge is 0.394 e. The third-order valence-electron chi connectivity index (χ3n) is 2.65. The first-order chi connectivity index (χ1) is 7.88. The van der Waals surface area contributed by atoms with Gasteiger partial charge in [-0.1, -0.05) is 5.21 Å². The molecule has 0 aromatic carbocycles. The van der Waals surface area contributed by atoms with Crippen molar-refractivity contribution in [1.29, 1.82) is 0 Å². The van der Waals surface area contributed by atoms with Gasteiger partial charge in [-0.15, -0.1) is 5.10 Å². The predicted molar refractivity (Wildman–Crippen MR) is 64.3 cm³/mol. The minimum absolute atomic E-state index is 0.107. The SMILES string of the molecule is OCCn1cc(CNC2CCCSC2)nn1. The van der Waals surface area contributed by atoms with Crippen LogP contribution in [0.15, 0.2) is 6.20 Å². The van der Waals surface area contributed by atoms with E-state index in [-0.39, 0.29) is 6.61 Å². The lowest BCUT2D eigenvalue weighted by atomic mass is 10.2. The molecular weight excluding hydrogens is 224 g/mol. The van der Waals surface area contributed by atoms with Crippen molar-refractivity contribution < 1.29 is 5.11 Å². The Morgan fingerprint density at radius 1 is 1.62 bits per heavy atom. The van der Waals surface area contributed by atoms with Crippen LogP contribution in [0.25, 0.3) is 0 Å². The Balaban J connectivity index is 1.75. The second-order valence-electron chi connectivity index (χ2n) is 3.99. The van der Waals surface area contributed by atoms with Gasteiger partial charge in [0, 0.05) is 24.5 Å². The van der Waals surface area contributed by atoms with Crippen LogP contribution >= 0.6 is 11.8 Å². The van der Waals surface area contributed by atoms with Gasteiger partial charge in [0.15, 0.2) is 0 Å². The number of thioether (sulfide) groups is 1. The Labute approximate surface area is 99.6 Å². The van der Waals surface area contributed by atoms with E-state index in [0.717, 1.165) is 12.2 Å². The standard InChI is InChI=1S/C10H18N4OS/c15-4-3-14-7-10(12-13-14)6-11-9-2-1-5-16-8-9/h7,9,11,15H,1-6,8H2. The van der Waals surface area contributed by atoms with E-state index in [1.54, 1.807) is 4.68 Å². The highest BCUT2D eigenvalue weighted by Gasteiger charge is 2.13. The monoisotopic (exact) mass is 242 g/mol. The summed E-state index contributed by atoms with van der Waals surface area (Å²) in [5.41, 5.74) is 0.948. The predicted octanol–water partition coefficient (Wildman–Crippen LogP) is 0.256. The van der Waals surface area contributed by atoms with Crippen LogP contribution in [0.3, 0.4) is 0 Å². The van der Waals surface area contributed by atoms with Gasteiger partial charge in [0.2, 0.25) is 0 Å².